The molecule has 3 N–H and O–H groups in total. The molecule has 0 bridgehead atoms. The van der Waals surface area contributed by atoms with Gasteiger partial charge in [-0.15, -0.1) is 0 Å². The van der Waals surface area contributed by atoms with Gasteiger partial charge in [-0.3, -0.25) is 0 Å². The number of hydrogen-bond donors (Lipinski definition) is 3. The van der Waals surface area contributed by atoms with E-state index < -0.39 is 7.82 Å². The predicted molar refractivity (Wildman–Crippen MR) is 34.1 cm³/mol. The predicted octanol–water partition coefficient (Wildman–Crippen LogP) is -3.30. The third-order valence-electron chi connectivity index (χ3n) is 0. The van der Waals surface area contributed by atoms with Crippen LogP contribution in [0.2, 0.25) is 0 Å². The van der Waals surface area contributed by atoms with Gasteiger partial charge in [-0.1, -0.05) is 0 Å². The average molecular weight is 246 g/mol. The number of rotatable bonds is 0. The van der Waals surface area contributed by atoms with Crippen molar-refractivity contribution in [1.29, 1.82) is 0 Å². The van der Waals surface area contributed by atoms with Crippen molar-refractivity contribution in [3.05, 3.63) is 0 Å². The molecule has 0 saturated heterocycles. The SMILES string of the molecule is O=P(O)(O)O.[AlH3].[InH3]. The van der Waals surface area contributed by atoms with Crippen molar-refractivity contribution in [2.45, 2.75) is 0 Å². The van der Waals surface area contributed by atoms with Crippen molar-refractivity contribution in [2.24, 2.45) is 0 Å². The molecule has 0 saturated carbocycles. The summed E-state index contributed by atoms with van der Waals surface area (Å²) in [6.45, 7) is 0. The van der Waals surface area contributed by atoms with Gasteiger partial charge in [0.05, 0.1) is 0 Å². The Morgan fingerprint density at radius 1 is 1.14 bits per heavy atom. The molecular weight excluding hydrogens is 237 g/mol. The molecular formula is H9AlInO4P. The van der Waals surface area contributed by atoms with E-state index in [-0.39, 0.29) is 43.2 Å². The van der Waals surface area contributed by atoms with E-state index in [1.54, 1.807) is 0 Å². The fourth-order valence-electron chi connectivity index (χ4n) is 0. The van der Waals surface area contributed by atoms with E-state index in [1.165, 1.54) is 0 Å². The van der Waals surface area contributed by atoms with Gasteiger partial charge in [-0.2, -0.15) is 0 Å². The molecule has 0 rings (SSSR count). The fraction of sp³-hybridized carbons (Fsp3) is 0. The monoisotopic (exact) mass is 246 g/mol. The third kappa shape index (κ3) is 99.8. The van der Waals surface area contributed by atoms with E-state index in [9.17, 15) is 0 Å². The Hall–Kier alpha value is 1.51. The fourth-order valence-corrected chi connectivity index (χ4v) is 0. The summed E-state index contributed by atoms with van der Waals surface area (Å²) in [6, 6.07) is 0. The Labute approximate surface area is 70.1 Å². The molecule has 0 amide bonds. The summed E-state index contributed by atoms with van der Waals surface area (Å²) in [7, 11) is -4.64. The average Bonchev–Trinajstić information content (AvgIpc) is 0.722. The van der Waals surface area contributed by atoms with Crippen molar-refractivity contribution in [3.8, 4) is 0 Å². The van der Waals surface area contributed by atoms with Crippen LogP contribution in [0, 0.1) is 0 Å². The molecule has 4 nitrogen and oxygen atoms in total. The molecule has 0 spiro atoms. The van der Waals surface area contributed by atoms with Crippen LogP contribution in [0.4, 0.5) is 0 Å². The first-order valence-corrected chi connectivity index (χ1v) is 2.35. The second-order valence-electron chi connectivity index (χ2n) is 0.513. The topological polar surface area (TPSA) is 77.8 Å². The molecule has 7 heteroatoms. The van der Waals surface area contributed by atoms with Crippen molar-refractivity contribution in [1.82, 2.24) is 0 Å². The second-order valence-corrected chi connectivity index (χ2v) is 1.54. The van der Waals surface area contributed by atoms with Crippen LogP contribution in [0.25, 0.3) is 0 Å². The van der Waals surface area contributed by atoms with Gasteiger partial charge in [0.15, 0.2) is 17.4 Å². The van der Waals surface area contributed by atoms with Gasteiger partial charge in [0.25, 0.3) is 0 Å². The zero-order valence-corrected chi connectivity index (χ0v) is 3.09. The van der Waals surface area contributed by atoms with Crippen molar-refractivity contribution in [2.75, 3.05) is 0 Å². The van der Waals surface area contributed by atoms with Gasteiger partial charge in [0.1, 0.15) is 0 Å². The normalized spacial score (nSPS) is 8.43. The summed E-state index contributed by atoms with van der Waals surface area (Å²) in [5.74, 6) is 0. The molecule has 0 aromatic carbocycles. The van der Waals surface area contributed by atoms with Crippen molar-refractivity contribution >= 4 is 51.0 Å². The first-order valence-electron chi connectivity index (χ1n) is 0.783. The summed E-state index contributed by atoms with van der Waals surface area (Å²) in [5.41, 5.74) is 0. The van der Waals surface area contributed by atoms with E-state index in [1.807, 2.05) is 0 Å². The molecule has 0 aromatic heterocycles. The van der Waals surface area contributed by atoms with Crippen LogP contribution >= 0.6 is 7.82 Å². The van der Waals surface area contributed by atoms with Crippen LogP contribution in [0.5, 0.6) is 0 Å². The minimum absolute atomic E-state index is 0. The van der Waals surface area contributed by atoms with Crippen molar-refractivity contribution in [3.63, 3.8) is 0 Å². The van der Waals surface area contributed by atoms with Crippen molar-refractivity contribution < 1.29 is 19.2 Å². The standard InChI is InChI=1S/Al.In.H3O4P.6H/c;;1-5(2,3)4;;;;;;/h;;(H3,1,2,3,4);;;;;;. The molecule has 0 aliphatic heterocycles. The van der Waals surface area contributed by atoms with Gasteiger partial charge in [-0.05, 0) is 0 Å². The molecule has 0 heterocycles. The van der Waals surface area contributed by atoms with E-state index in [4.69, 9.17) is 19.2 Å². The van der Waals surface area contributed by atoms with Gasteiger partial charge in [0.2, 0.25) is 0 Å². The zero-order chi connectivity index (χ0) is 4.50. The number of hydrogen-bond acceptors (Lipinski definition) is 1. The van der Waals surface area contributed by atoms with Gasteiger partial charge >= 0.3 is 33.7 Å². The minimum atomic E-state index is -4.64. The summed E-state index contributed by atoms with van der Waals surface area (Å²) in [5, 5.41) is 0. The van der Waals surface area contributed by atoms with Gasteiger partial charge < -0.3 is 14.7 Å². The molecule has 0 aromatic rings. The van der Waals surface area contributed by atoms with E-state index in [0.717, 1.165) is 0 Å². The number of phosphoric acid groups is 1. The van der Waals surface area contributed by atoms with Crippen LogP contribution in [0.1, 0.15) is 0 Å². The molecule has 0 unspecified atom stereocenters. The van der Waals surface area contributed by atoms with Gasteiger partial charge in [0, 0.05) is 0 Å². The Balaban J connectivity index is -0.0000000800. The van der Waals surface area contributed by atoms with Crippen LogP contribution in [0.15, 0.2) is 0 Å². The summed E-state index contributed by atoms with van der Waals surface area (Å²) >= 11 is 0. The first-order chi connectivity index (χ1) is 2.00. The Morgan fingerprint density at radius 2 is 1.14 bits per heavy atom. The molecule has 0 aliphatic carbocycles. The second kappa shape index (κ2) is 5.65. The van der Waals surface area contributed by atoms with E-state index >= 15 is 0 Å². The summed E-state index contributed by atoms with van der Waals surface area (Å²) in [4.78, 5) is 21.6. The Morgan fingerprint density at radius 3 is 1.14 bits per heavy atom. The summed E-state index contributed by atoms with van der Waals surface area (Å²) in [6.07, 6.45) is 0. The maximum atomic E-state index is 8.88. The van der Waals surface area contributed by atoms with E-state index in [0.29, 0.717) is 0 Å². The van der Waals surface area contributed by atoms with Crippen LogP contribution in [-0.2, 0) is 4.57 Å². The molecule has 7 heavy (non-hydrogen) atoms. The maximum absolute atomic E-state index is 8.88. The Bertz CT molecular complexity index is 57.8. The van der Waals surface area contributed by atoms with Gasteiger partial charge in [-0.25, -0.2) is 4.57 Å². The first kappa shape index (κ1) is 15.8. The van der Waals surface area contributed by atoms with E-state index in [2.05, 4.69) is 0 Å². The molecule has 44 valence electrons. The van der Waals surface area contributed by atoms with Crippen LogP contribution in [-0.4, -0.2) is 57.9 Å². The molecule has 0 radical (unpaired) electrons. The summed E-state index contributed by atoms with van der Waals surface area (Å²) < 4.78 is 8.88. The molecule has 0 aliphatic rings. The molecule has 0 fully saturated rings. The van der Waals surface area contributed by atoms with Crippen LogP contribution in [0.3, 0.4) is 0 Å². The Kier molecular flexibility index (Phi) is 12.8. The zero-order valence-electron chi connectivity index (χ0n) is 2.20. The van der Waals surface area contributed by atoms with Crippen LogP contribution < -0.4 is 0 Å². The molecule has 0 atom stereocenters. The quantitative estimate of drug-likeness (QED) is 0.309. The third-order valence-corrected chi connectivity index (χ3v) is 0.